The van der Waals surface area contributed by atoms with Gasteiger partial charge >= 0.3 is 41.8 Å². The number of carbonyl (C=O) groups is 9. The molecular formula is C35H43ClN2O19. The van der Waals surface area contributed by atoms with Gasteiger partial charge in [-0.05, 0) is 18.2 Å². The molecule has 0 radical (unpaired) electrons. The van der Waals surface area contributed by atoms with E-state index in [2.05, 4.69) is 10.6 Å². The summed E-state index contributed by atoms with van der Waals surface area (Å²) in [6.45, 7) is 7.09. The van der Waals surface area contributed by atoms with E-state index < -0.39 is 128 Å². The van der Waals surface area contributed by atoms with Gasteiger partial charge in [-0.3, -0.25) is 43.2 Å². The molecule has 21 nitrogen and oxygen atoms in total. The zero-order valence-electron chi connectivity index (χ0n) is 32.1. The van der Waals surface area contributed by atoms with Gasteiger partial charge in [0, 0.05) is 61.0 Å². The fraction of sp³-hybridized carbons (Fsp3) is 0.571. The molecule has 0 spiro atoms. The van der Waals surface area contributed by atoms with Gasteiger partial charge in [0.25, 0.3) is 5.91 Å². The first-order valence-electron chi connectivity index (χ1n) is 17.1. The van der Waals surface area contributed by atoms with E-state index in [0.29, 0.717) is 0 Å². The minimum Gasteiger partial charge on any atom is -0.463 e. The predicted octanol–water partition coefficient (Wildman–Crippen LogP) is 0.648. The van der Waals surface area contributed by atoms with Crippen LogP contribution in [0.4, 0.5) is 5.69 Å². The maximum atomic E-state index is 13.6. The van der Waals surface area contributed by atoms with Crippen molar-refractivity contribution in [1.82, 2.24) is 5.32 Å². The first-order chi connectivity index (χ1) is 26.7. The summed E-state index contributed by atoms with van der Waals surface area (Å²) < 4.78 is 56.3. The van der Waals surface area contributed by atoms with Gasteiger partial charge in [-0.25, -0.2) is 0 Å². The number of rotatable bonds is 14. The number of carbonyl (C=O) groups excluding carboxylic acids is 9. The lowest BCUT2D eigenvalue weighted by atomic mass is 9.95. The monoisotopic (exact) mass is 830 g/mol. The van der Waals surface area contributed by atoms with Crippen LogP contribution in [0.5, 0.6) is 0 Å². The van der Waals surface area contributed by atoms with Crippen LogP contribution in [-0.2, 0) is 85.7 Å². The van der Waals surface area contributed by atoms with Gasteiger partial charge in [0.2, 0.25) is 5.91 Å². The molecule has 0 aliphatic carbocycles. The van der Waals surface area contributed by atoms with Crippen LogP contribution in [0.2, 0.25) is 5.02 Å². The Morgan fingerprint density at radius 2 is 1.04 bits per heavy atom. The van der Waals surface area contributed by atoms with Gasteiger partial charge in [0.1, 0.15) is 31.5 Å². The zero-order chi connectivity index (χ0) is 42.7. The minimum atomic E-state index is -1.89. The van der Waals surface area contributed by atoms with Crippen molar-refractivity contribution in [2.75, 3.05) is 18.5 Å². The van der Waals surface area contributed by atoms with Crippen molar-refractivity contribution in [3.8, 4) is 0 Å². The molecule has 0 unspecified atom stereocenters. The van der Waals surface area contributed by atoms with E-state index >= 15 is 0 Å². The SMILES string of the molecule is CC(=O)Nc1cc(C(=O)N[C@@H]2O[C@H](COC(C)=O)[C@@H](O[C@H]3O[C@H](COC(C)=O)[C@@H](OC(C)=O)[C@H](OC(C)=O)[C@H]3OC(C)=O)[C@H](OC(C)=O)[C@H]2OC(C)=O)ccc1Cl. The van der Waals surface area contributed by atoms with Gasteiger partial charge in [0.05, 0.1) is 10.7 Å². The summed E-state index contributed by atoms with van der Waals surface area (Å²) in [6.07, 6.45) is -16.8. The molecule has 2 fully saturated rings. The molecule has 0 saturated carbocycles. The molecule has 57 heavy (non-hydrogen) atoms. The van der Waals surface area contributed by atoms with Crippen molar-refractivity contribution in [2.24, 2.45) is 0 Å². The van der Waals surface area contributed by atoms with Crippen molar-refractivity contribution >= 4 is 70.9 Å². The summed E-state index contributed by atoms with van der Waals surface area (Å²) in [5.74, 6) is -7.68. The lowest BCUT2D eigenvalue weighted by molar-refractivity contribution is -0.345. The molecule has 2 saturated heterocycles. The van der Waals surface area contributed by atoms with E-state index in [9.17, 15) is 43.2 Å². The topological polar surface area (TPSA) is 270 Å². The van der Waals surface area contributed by atoms with Crippen LogP contribution in [0.15, 0.2) is 18.2 Å². The van der Waals surface area contributed by atoms with Crippen LogP contribution in [0, 0.1) is 0 Å². The maximum absolute atomic E-state index is 13.6. The molecule has 1 aromatic rings. The van der Waals surface area contributed by atoms with Crippen LogP contribution in [-0.4, -0.2) is 128 Å². The zero-order valence-corrected chi connectivity index (χ0v) is 32.8. The van der Waals surface area contributed by atoms with Crippen LogP contribution in [0.1, 0.15) is 65.7 Å². The van der Waals surface area contributed by atoms with Crippen LogP contribution in [0.3, 0.4) is 0 Å². The highest BCUT2D eigenvalue weighted by Gasteiger charge is 2.57. The highest BCUT2D eigenvalue weighted by molar-refractivity contribution is 6.33. The van der Waals surface area contributed by atoms with Crippen LogP contribution < -0.4 is 10.6 Å². The number of anilines is 1. The molecule has 2 heterocycles. The number of esters is 7. The average Bonchev–Trinajstić information content (AvgIpc) is 3.07. The largest absolute Gasteiger partial charge is 0.463 e. The summed E-state index contributed by atoms with van der Waals surface area (Å²) in [4.78, 5) is 111. The molecule has 2 N–H and O–H groups in total. The molecular weight excluding hydrogens is 788 g/mol. The normalized spacial score (nSPS) is 26.7. The van der Waals surface area contributed by atoms with E-state index in [1.165, 1.54) is 25.1 Å². The van der Waals surface area contributed by atoms with Crippen molar-refractivity contribution < 1.29 is 90.5 Å². The number of amides is 2. The predicted molar refractivity (Wildman–Crippen MR) is 186 cm³/mol. The quantitative estimate of drug-likeness (QED) is 0.192. The summed E-state index contributed by atoms with van der Waals surface area (Å²) >= 11 is 6.16. The fourth-order valence-electron chi connectivity index (χ4n) is 5.79. The Morgan fingerprint density at radius 1 is 0.579 bits per heavy atom. The molecule has 0 aromatic heterocycles. The van der Waals surface area contributed by atoms with Gasteiger partial charge in [-0.15, -0.1) is 0 Å². The van der Waals surface area contributed by atoms with E-state index in [-0.39, 0.29) is 16.3 Å². The summed E-state index contributed by atoms with van der Waals surface area (Å²) in [5.41, 5.74) is 0.0199. The first-order valence-corrected chi connectivity index (χ1v) is 17.5. The number of nitrogens with one attached hydrogen (secondary N) is 2. The molecule has 1 aromatic carbocycles. The lowest BCUT2D eigenvalue weighted by Gasteiger charge is -2.48. The highest BCUT2D eigenvalue weighted by Crippen LogP contribution is 2.35. The third-order valence-corrected chi connectivity index (χ3v) is 8.07. The molecule has 0 bridgehead atoms. The first kappa shape index (κ1) is 46.0. The van der Waals surface area contributed by atoms with Gasteiger partial charge < -0.3 is 58.0 Å². The number of benzene rings is 1. The second kappa shape index (κ2) is 20.7. The Bertz CT molecular complexity index is 1720. The summed E-state index contributed by atoms with van der Waals surface area (Å²) in [5, 5.41) is 5.10. The second-order valence-corrected chi connectivity index (χ2v) is 13.0. The Kier molecular flexibility index (Phi) is 16.7. The molecule has 22 heteroatoms. The van der Waals surface area contributed by atoms with Crippen molar-refractivity contribution in [1.29, 1.82) is 0 Å². The van der Waals surface area contributed by atoms with E-state index in [0.717, 1.165) is 48.5 Å². The molecule has 2 amide bonds. The average molecular weight is 831 g/mol. The Balaban J connectivity index is 2.17. The Hall–Kier alpha value is -5.38. The van der Waals surface area contributed by atoms with Gasteiger partial charge in [0.15, 0.2) is 43.0 Å². The van der Waals surface area contributed by atoms with Crippen LogP contribution >= 0.6 is 11.6 Å². The maximum Gasteiger partial charge on any atom is 0.303 e. The fourth-order valence-corrected chi connectivity index (χ4v) is 5.96. The number of ether oxygens (including phenoxy) is 10. The van der Waals surface area contributed by atoms with E-state index in [4.69, 9.17) is 59.0 Å². The standard InChI is InChI=1S/C35H43ClN2O19/c1-14(39)37-24-11-22(9-10-23(24)36)33(47)38-34-31(53-20(7)45)29(51-18(5)43)28(25(55-34)12-48-15(2)40)57-35-32(54-21(8)46)30(52-19(6)44)27(50-17(4)42)26(56-35)13-49-16(3)41/h9-11,25-32,34-35H,12-13H2,1-8H3,(H,37,39)(H,38,47)/t25-,26-,27-,28-,29+,30+,31-,32-,34-,35-/m1/s1. The van der Waals surface area contributed by atoms with Crippen molar-refractivity contribution in [3.05, 3.63) is 28.8 Å². The van der Waals surface area contributed by atoms with E-state index in [1.807, 2.05) is 0 Å². The molecule has 314 valence electrons. The van der Waals surface area contributed by atoms with Crippen molar-refractivity contribution in [2.45, 2.75) is 117 Å². The van der Waals surface area contributed by atoms with Gasteiger partial charge in [-0.1, -0.05) is 11.6 Å². The van der Waals surface area contributed by atoms with Gasteiger partial charge in [-0.2, -0.15) is 0 Å². The molecule has 2 aliphatic heterocycles. The Morgan fingerprint density at radius 3 is 1.53 bits per heavy atom. The number of hydrogen-bond acceptors (Lipinski definition) is 19. The number of hydrogen-bond donors (Lipinski definition) is 2. The van der Waals surface area contributed by atoms with Crippen molar-refractivity contribution in [3.63, 3.8) is 0 Å². The third kappa shape index (κ3) is 13.7. The van der Waals surface area contributed by atoms with Crippen LogP contribution in [0.25, 0.3) is 0 Å². The molecule has 3 rings (SSSR count). The smallest absolute Gasteiger partial charge is 0.303 e. The second-order valence-electron chi connectivity index (χ2n) is 12.6. The molecule has 10 atom stereocenters. The summed E-state index contributed by atoms with van der Waals surface area (Å²) in [6, 6.07) is 3.89. The van der Waals surface area contributed by atoms with E-state index in [1.54, 1.807) is 0 Å². The third-order valence-electron chi connectivity index (χ3n) is 7.74. The Labute approximate surface area is 330 Å². The summed E-state index contributed by atoms with van der Waals surface area (Å²) in [7, 11) is 0. The highest BCUT2D eigenvalue weighted by atomic mass is 35.5. The molecule has 2 aliphatic rings. The number of halogens is 1. The lowest BCUT2D eigenvalue weighted by Crippen LogP contribution is -2.68. The minimum absolute atomic E-state index is 0.0650.